The summed E-state index contributed by atoms with van der Waals surface area (Å²) in [6.45, 7) is 1.93. The van der Waals surface area contributed by atoms with Crippen molar-refractivity contribution in [2.75, 3.05) is 5.32 Å². The second-order valence-electron chi connectivity index (χ2n) is 8.44. The molecule has 0 unspecified atom stereocenters. The number of carbonyl (C=O) groups excluding carboxylic acids is 1. The molecule has 0 aliphatic heterocycles. The third-order valence-corrected chi connectivity index (χ3v) is 6.37. The van der Waals surface area contributed by atoms with Gasteiger partial charge in [0.05, 0.1) is 5.41 Å². The van der Waals surface area contributed by atoms with Crippen LogP contribution in [0.25, 0.3) is 22.5 Å². The van der Waals surface area contributed by atoms with Crippen molar-refractivity contribution in [1.82, 2.24) is 25.6 Å². The molecule has 7 nitrogen and oxygen atoms in total. The number of H-pyrrole nitrogens is 1. The van der Waals surface area contributed by atoms with Crippen LogP contribution in [0.3, 0.4) is 0 Å². The number of rotatable bonds is 5. The summed E-state index contributed by atoms with van der Waals surface area (Å²) in [6, 6.07) is 12.8. The Balaban J connectivity index is 1.48. The van der Waals surface area contributed by atoms with E-state index >= 15 is 0 Å². The van der Waals surface area contributed by atoms with Gasteiger partial charge in [0.2, 0.25) is 5.91 Å². The Morgan fingerprint density at radius 1 is 1.09 bits per heavy atom. The van der Waals surface area contributed by atoms with Gasteiger partial charge in [-0.15, -0.1) is 5.10 Å². The lowest BCUT2D eigenvalue weighted by Crippen LogP contribution is -2.28. The molecule has 0 saturated heterocycles. The highest BCUT2D eigenvalue weighted by Crippen LogP contribution is 2.50. The van der Waals surface area contributed by atoms with Crippen LogP contribution < -0.4 is 5.32 Å². The largest absolute Gasteiger partial charge is 0.433 e. The summed E-state index contributed by atoms with van der Waals surface area (Å²) in [5.41, 5.74) is 2.27. The quantitative estimate of drug-likeness (QED) is 0.374. The lowest BCUT2D eigenvalue weighted by Gasteiger charge is -2.19. The summed E-state index contributed by atoms with van der Waals surface area (Å²) in [4.78, 5) is 16.9. The molecular weight excluding hydrogens is 481 g/mol. The van der Waals surface area contributed by atoms with Gasteiger partial charge < -0.3 is 5.32 Å². The molecule has 2 aromatic heterocycles. The van der Waals surface area contributed by atoms with Gasteiger partial charge in [0.25, 0.3) is 0 Å². The number of nitrogens with zero attached hydrogens (tertiary/aromatic N) is 4. The fourth-order valence-corrected chi connectivity index (χ4v) is 4.45. The van der Waals surface area contributed by atoms with E-state index in [0.717, 1.165) is 36.2 Å². The average Bonchev–Trinajstić information content (AvgIpc) is 3.43. The molecule has 0 bridgehead atoms. The van der Waals surface area contributed by atoms with Crippen LogP contribution in [0.5, 0.6) is 0 Å². The van der Waals surface area contributed by atoms with E-state index in [-0.39, 0.29) is 5.91 Å². The van der Waals surface area contributed by atoms with E-state index < -0.39 is 17.3 Å². The van der Waals surface area contributed by atoms with Gasteiger partial charge in [-0.25, -0.2) is 5.10 Å². The van der Waals surface area contributed by atoms with Crippen molar-refractivity contribution in [3.8, 4) is 22.5 Å². The van der Waals surface area contributed by atoms with Crippen LogP contribution in [-0.4, -0.2) is 31.5 Å². The Morgan fingerprint density at radius 3 is 2.49 bits per heavy atom. The monoisotopic (exact) mass is 498 g/mol. The van der Waals surface area contributed by atoms with Crippen molar-refractivity contribution in [2.45, 2.75) is 31.4 Å². The number of aromatic amines is 1. The van der Waals surface area contributed by atoms with Crippen LogP contribution in [0.1, 0.15) is 29.7 Å². The number of amides is 1. The zero-order chi connectivity index (χ0) is 24.8. The molecule has 1 amide bonds. The standard InChI is InChI=1S/C24H18ClF3N6O/c1-13-10-15(25)3-6-19(13)23(8-9-23)22(35)30-16-4-5-17(18(11-16)21-31-33-34-32-21)14-2-7-20(29-12-14)24(26,27)28/h2-7,10-12H,8-9H2,1H3,(H,30,35)(H,31,32,33,34). The van der Waals surface area contributed by atoms with Gasteiger partial charge in [0.15, 0.2) is 5.82 Å². The first-order chi connectivity index (χ1) is 16.7. The molecule has 0 spiro atoms. The number of alkyl halides is 3. The number of carbonyl (C=O) groups is 1. The molecule has 1 fully saturated rings. The van der Waals surface area contributed by atoms with Crippen molar-refractivity contribution in [3.05, 3.63) is 76.6 Å². The molecule has 1 aliphatic carbocycles. The molecule has 178 valence electrons. The summed E-state index contributed by atoms with van der Waals surface area (Å²) < 4.78 is 38.8. The zero-order valence-electron chi connectivity index (χ0n) is 18.3. The first kappa shape index (κ1) is 23.0. The molecule has 0 atom stereocenters. The summed E-state index contributed by atoms with van der Waals surface area (Å²) in [7, 11) is 0. The third-order valence-electron chi connectivity index (χ3n) is 6.13. The van der Waals surface area contributed by atoms with Gasteiger partial charge in [-0.3, -0.25) is 9.78 Å². The highest BCUT2D eigenvalue weighted by Gasteiger charge is 2.52. The summed E-state index contributed by atoms with van der Waals surface area (Å²) in [6.07, 6.45) is -1.96. The Labute approximate surface area is 202 Å². The van der Waals surface area contributed by atoms with E-state index in [2.05, 4.69) is 30.9 Å². The van der Waals surface area contributed by atoms with Gasteiger partial charge in [-0.05, 0) is 77.2 Å². The average molecular weight is 499 g/mol. The molecule has 2 aromatic carbocycles. The molecule has 0 radical (unpaired) electrons. The third kappa shape index (κ3) is 4.37. The predicted octanol–water partition coefficient (Wildman–Crippen LogP) is 5.58. The minimum absolute atomic E-state index is 0.145. The number of halogens is 4. The van der Waals surface area contributed by atoms with Crippen LogP contribution in [-0.2, 0) is 16.4 Å². The molecule has 2 N–H and O–H groups in total. The highest BCUT2D eigenvalue weighted by molar-refractivity contribution is 6.30. The normalized spacial score (nSPS) is 14.5. The Hall–Kier alpha value is -3.79. The number of aromatic nitrogens is 5. The maximum atomic E-state index is 13.3. The van der Waals surface area contributed by atoms with Crippen molar-refractivity contribution in [2.24, 2.45) is 0 Å². The number of tetrazole rings is 1. The molecule has 35 heavy (non-hydrogen) atoms. The minimum atomic E-state index is -4.54. The van der Waals surface area contributed by atoms with Crippen molar-refractivity contribution >= 4 is 23.2 Å². The highest BCUT2D eigenvalue weighted by atomic mass is 35.5. The maximum Gasteiger partial charge on any atom is 0.433 e. The van der Waals surface area contributed by atoms with Gasteiger partial charge in [-0.1, -0.05) is 29.8 Å². The van der Waals surface area contributed by atoms with E-state index in [4.69, 9.17) is 11.6 Å². The molecule has 4 aromatic rings. The van der Waals surface area contributed by atoms with Crippen molar-refractivity contribution < 1.29 is 18.0 Å². The number of aryl methyl sites for hydroxylation is 1. The molecule has 5 rings (SSSR count). The molecule has 1 saturated carbocycles. The Kier molecular flexibility index (Phi) is 5.55. The number of hydrogen-bond acceptors (Lipinski definition) is 5. The number of anilines is 1. The lowest BCUT2D eigenvalue weighted by atomic mass is 9.91. The van der Waals surface area contributed by atoms with Gasteiger partial charge in [0, 0.05) is 28.0 Å². The number of pyridine rings is 1. The Morgan fingerprint density at radius 2 is 1.89 bits per heavy atom. The first-order valence-corrected chi connectivity index (χ1v) is 11.0. The second-order valence-corrected chi connectivity index (χ2v) is 8.87. The first-order valence-electron chi connectivity index (χ1n) is 10.7. The number of hydrogen-bond donors (Lipinski definition) is 2. The van der Waals surface area contributed by atoms with Gasteiger partial charge >= 0.3 is 6.18 Å². The van der Waals surface area contributed by atoms with Crippen LogP contribution in [0, 0.1) is 6.92 Å². The lowest BCUT2D eigenvalue weighted by molar-refractivity contribution is -0.141. The number of nitrogens with one attached hydrogen (secondary N) is 2. The summed E-state index contributed by atoms with van der Waals surface area (Å²) in [5, 5.41) is 17.4. The number of benzene rings is 2. The molecule has 2 heterocycles. The smallest absolute Gasteiger partial charge is 0.325 e. The summed E-state index contributed by atoms with van der Waals surface area (Å²) >= 11 is 6.08. The fourth-order valence-electron chi connectivity index (χ4n) is 4.22. The van der Waals surface area contributed by atoms with Crippen LogP contribution >= 0.6 is 11.6 Å². The summed E-state index contributed by atoms with van der Waals surface area (Å²) in [5.74, 6) is 0.152. The van der Waals surface area contributed by atoms with E-state index in [9.17, 15) is 18.0 Å². The van der Waals surface area contributed by atoms with E-state index in [1.165, 1.54) is 6.07 Å². The van der Waals surface area contributed by atoms with E-state index in [1.54, 1.807) is 24.3 Å². The van der Waals surface area contributed by atoms with Crippen molar-refractivity contribution in [3.63, 3.8) is 0 Å². The van der Waals surface area contributed by atoms with Gasteiger partial charge in [-0.2, -0.15) is 13.2 Å². The molecule has 11 heteroatoms. The van der Waals surface area contributed by atoms with Crippen LogP contribution in [0.2, 0.25) is 5.02 Å². The Bertz CT molecular complexity index is 1400. The minimum Gasteiger partial charge on any atom is -0.325 e. The second kappa shape index (κ2) is 8.46. The topological polar surface area (TPSA) is 96.5 Å². The fraction of sp³-hybridized carbons (Fsp3) is 0.208. The van der Waals surface area contributed by atoms with E-state index in [0.29, 0.717) is 33.2 Å². The maximum absolute atomic E-state index is 13.3. The predicted molar refractivity (Wildman–Crippen MR) is 124 cm³/mol. The molecule has 1 aliphatic rings. The van der Waals surface area contributed by atoms with Gasteiger partial charge in [0.1, 0.15) is 5.69 Å². The van der Waals surface area contributed by atoms with E-state index in [1.807, 2.05) is 19.1 Å². The zero-order valence-corrected chi connectivity index (χ0v) is 19.1. The molecular formula is C24H18ClF3N6O. The van der Waals surface area contributed by atoms with Crippen LogP contribution in [0.15, 0.2) is 54.7 Å². The van der Waals surface area contributed by atoms with Crippen molar-refractivity contribution in [1.29, 1.82) is 0 Å². The van der Waals surface area contributed by atoms with Crippen LogP contribution in [0.4, 0.5) is 18.9 Å². The SMILES string of the molecule is Cc1cc(Cl)ccc1C1(C(=O)Nc2ccc(-c3ccc(C(F)(F)F)nc3)c(-c3nnn[nH]3)c2)CC1.